The molecule has 10 heteroatoms. The zero-order valence-corrected chi connectivity index (χ0v) is 38.9. The highest BCUT2D eigenvalue weighted by molar-refractivity contribution is 7.47. The Balaban J connectivity index is 4.32. The summed E-state index contributed by atoms with van der Waals surface area (Å²) in [5.74, 6) is -0.820. The lowest BCUT2D eigenvalue weighted by Crippen LogP contribution is -2.37. The second-order valence-electron chi connectivity index (χ2n) is 16.8. The summed E-state index contributed by atoms with van der Waals surface area (Å²) in [6.45, 7) is 4.29. The molecule has 2 atom stereocenters. The Kier molecular flexibility index (Phi) is 39.0. The standard InChI is InChI=1S/C48H88NO8P/c1-6-8-10-12-14-16-18-20-22-23-24-25-27-28-30-32-34-36-38-40-47(50)54-44-46(45-56-58(52,53)55-43-42-49(3,4)5)57-48(51)41-39-37-35-33-31-29-26-21-19-17-15-13-11-9-7-2/h9,11,15,17,20-22,26,46H,6-8,10,12-14,16,18-19,23-25,27-45H2,1-5H3/p+1/b11-9-,17-15-,22-20-,26-21-/t46-/m1/s1. The molecule has 338 valence electrons. The van der Waals surface area contributed by atoms with E-state index in [-0.39, 0.29) is 32.0 Å². The highest BCUT2D eigenvalue weighted by atomic mass is 31.2. The number of quaternary nitrogens is 1. The van der Waals surface area contributed by atoms with Crippen molar-refractivity contribution in [3.8, 4) is 0 Å². The van der Waals surface area contributed by atoms with Gasteiger partial charge in [-0.3, -0.25) is 18.6 Å². The smallest absolute Gasteiger partial charge is 0.462 e. The van der Waals surface area contributed by atoms with Gasteiger partial charge in [-0.05, 0) is 70.6 Å². The topological polar surface area (TPSA) is 108 Å². The van der Waals surface area contributed by atoms with Gasteiger partial charge in [-0.15, -0.1) is 0 Å². The van der Waals surface area contributed by atoms with Gasteiger partial charge in [0.25, 0.3) is 0 Å². The van der Waals surface area contributed by atoms with Crippen LogP contribution >= 0.6 is 7.82 Å². The minimum atomic E-state index is -4.38. The second kappa shape index (κ2) is 40.4. The van der Waals surface area contributed by atoms with Crippen LogP contribution in [-0.2, 0) is 32.7 Å². The number of likely N-dealkylation sites (N-methyl/N-ethyl adjacent to an activating group) is 1. The Bertz CT molecular complexity index is 1130. The van der Waals surface area contributed by atoms with Crippen molar-refractivity contribution < 1.29 is 42.1 Å². The van der Waals surface area contributed by atoms with Crippen LogP contribution in [0.5, 0.6) is 0 Å². The number of esters is 2. The van der Waals surface area contributed by atoms with Crippen molar-refractivity contribution in [2.45, 2.75) is 200 Å². The van der Waals surface area contributed by atoms with Crippen molar-refractivity contribution in [1.29, 1.82) is 0 Å². The molecule has 58 heavy (non-hydrogen) atoms. The van der Waals surface area contributed by atoms with E-state index in [1.54, 1.807) is 0 Å². The average Bonchev–Trinajstić information content (AvgIpc) is 3.17. The zero-order chi connectivity index (χ0) is 42.8. The SMILES string of the molecule is CC/C=C\C/C=C\C/C=C\CCCCCCCC(=O)O[C@H](COC(=O)CCCCCCCCCCC/C=C\CCCCCCCC)COP(=O)(O)OCC[N+](C)(C)C. The number of carbonyl (C=O) groups excluding carboxylic acids is 2. The first-order chi connectivity index (χ1) is 28.0. The van der Waals surface area contributed by atoms with Crippen molar-refractivity contribution >= 4 is 19.8 Å². The van der Waals surface area contributed by atoms with Gasteiger partial charge in [-0.25, -0.2) is 4.57 Å². The molecule has 1 N–H and O–H groups in total. The predicted molar refractivity (Wildman–Crippen MR) is 243 cm³/mol. The third-order valence-electron chi connectivity index (χ3n) is 9.84. The van der Waals surface area contributed by atoms with E-state index in [4.69, 9.17) is 18.5 Å². The summed E-state index contributed by atoms with van der Waals surface area (Å²) in [6.07, 6.45) is 47.3. The second-order valence-corrected chi connectivity index (χ2v) is 18.2. The van der Waals surface area contributed by atoms with Crippen LogP contribution in [0.2, 0.25) is 0 Å². The molecule has 0 aliphatic heterocycles. The van der Waals surface area contributed by atoms with Crippen molar-refractivity contribution in [3.63, 3.8) is 0 Å². The lowest BCUT2D eigenvalue weighted by molar-refractivity contribution is -0.870. The molecule has 9 nitrogen and oxygen atoms in total. The highest BCUT2D eigenvalue weighted by Gasteiger charge is 2.27. The maximum Gasteiger partial charge on any atom is 0.472 e. The zero-order valence-electron chi connectivity index (χ0n) is 38.0. The molecule has 0 aromatic heterocycles. The summed E-state index contributed by atoms with van der Waals surface area (Å²) >= 11 is 0. The number of phosphoric ester groups is 1. The summed E-state index contributed by atoms with van der Waals surface area (Å²) in [7, 11) is 1.46. The number of phosphoric acid groups is 1. The minimum absolute atomic E-state index is 0.0266. The predicted octanol–water partition coefficient (Wildman–Crippen LogP) is 13.5. The quantitative estimate of drug-likeness (QED) is 0.0213. The van der Waals surface area contributed by atoms with Crippen LogP contribution < -0.4 is 0 Å². The molecule has 0 radical (unpaired) electrons. The number of hydrogen-bond acceptors (Lipinski definition) is 7. The van der Waals surface area contributed by atoms with E-state index >= 15 is 0 Å². The van der Waals surface area contributed by atoms with Gasteiger partial charge < -0.3 is 18.9 Å². The van der Waals surface area contributed by atoms with Gasteiger partial charge in [0, 0.05) is 12.8 Å². The molecule has 0 spiro atoms. The van der Waals surface area contributed by atoms with E-state index < -0.39 is 26.5 Å². The Hall–Kier alpha value is -2.03. The van der Waals surface area contributed by atoms with Crippen LogP contribution in [-0.4, -0.2) is 74.9 Å². The molecule has 0 aliphatic carbocycles. The third-order valence-corrected chi connectivity index (χ3v) is 10.8. The molecule has 0 heterocycles. The molecule has 0 saturated heterocycles. The number of carbonyl (C=O) groups is 2. The minimum Gasteiger partial charge on any atom is -0.462 e. The molecular weight excluding hydrogens is 750 g/mol. The maximum atomic E-state index is 12.7. The van der Waals surface area contributed by atoms with Crippen LogP contribution in [0.25, 0.3) is 0 Å². The van der Waals surface area contributed by atoms with Crippen LogP contribution in [0.4, 0.5) is 0 Å². The first kappa shape index (κ1) is 56.0. The van der Waals surface area contributed by atoms with Crippen LogP contribution in [0.3, 0.4) is 0 Å². The molecule has 0 aromatic rings. The van der Waals surface area contributed by atoms with Crippen molar-refractivity contribution in [1.82, 2.24) is 0 Å². The van der Waals surface area contributed by atoms with Crippen molar-refractivity contribution in [2.24, 2.45) is 0 Å². The number of rotatable bonds is 42. The molecule has 0 fully saturated rings. The van der Waals surface area contributed by atoms with Crippen LogP contribution in [0.15, 0.2) is 48.6 Å². The third kappa shape index (κ3) is 43.5. The molecule has 0 rings (SSSR count). The van der Waals surface area contributed by atoms with Crippen LogP contribution in [0, 0.1) is 0 Å². The van der Waals surface area contributed by atoms with Crippen molar-refractivity contribution in [2.75, 3.05) is 47.5 Å². The van der Waals surface area contributed by atoms with Gasteiger partial charge in [0.05, 0.1) is 27.7 Å². The average molecular weight is 839 g/mol. The number of nitrogens with zero attached hydrogens (tertiary/aromatic N) is 1. The molecule has 0 saturated carbocycles. The first-order valence-electron chi connectivity index (χ1n) is 23.4. The Morgan fingerprint density at radius 2 is 0.983 bits per heavy atom. The number of hydrogen-bond donors (Lipinski definition) is 1. The van der Waals surface area contributed by atoms with Crippen molar-refractivity contribution in [3.05, 3.63) is 48.6 Å². The Morgan fingerprint density at radius 3 is 1.48 bits per heavy atom. The molecular formula is C48H89NO8P+. The highest BCUT2D eigenvalue weighted by Crippen LogP contribution is 2.43. The largest absolute Gasteiger partial charge is 0.472 e. The first-order valence-corrected chi connectivity index (χ1v) is 24.9. The van der Waals surface area contributed by atoms with Gasteiger partial charge >= 0.3 is 19.8 Å². The monoisotopic (exact) mass is 839 g/mol. The molecule has 1 unspecified atom stereocenters. The van der Waals surface area contributed by atoms with Crippen LogP contribution in [0.1, 0.15) is 194 Å². The number of allylic oxidation sites excluding steroid dienone is 8. The van der Waals surface area contributed by atoms with Gasteiger partial charge in [0.2, 0.25) is 0 Å². The Labute approximate surface area is 356 Å². The summed E-state index contributed by atoms with van der Waals surface area (Å²) in [6, 6.07) is 0. The number of unbranched alkanes of at least 4 members (excludes halogenated alkanes) is 20. The summed E-state index contributed by atoms with van der Waals surface area (Å²) in [4.78, 5) is 35.4. The van der Waals surface area contributed by atoms with Gasteiger partial charge in [0.1, 0.15) is 19.8 Å². The molecule has 0 bridgehead atoms. The van der Waals surface area contributed by atoms with Gasteiger partial charge in [-0.1, -0.05) is 159 Å². The van der Waals surface area contributed by atoms with E-state index in [0.717, 1.165) is 70.6 Å². The lowest BCUT2D eigenvalue weighted by Gasteiger charge is -2.24. The van der Waals surface area contributed by atoms with E-state index in [1.165, 1.54) is 89.9 Å². The van der Waals surface area contributed by atoms with Gasteiger partial charge in [0.15, 0.2) is 6.10 Å². The fourth-order valence-electron chi connectivity index (χ4n) is 6.20. The van der Waals surface area contributed by atoms with E-state index in [2.05, 4.69) is 62.5 Å². The molecule has 0 aromatic carbocycles. The molecule has 0 aliphatic rings. The fraction of sp³-hybridized carbons (Fsp3) is 0.792. The van der Waals surface area contributed by atoms with E-state index in [1.807, 2.05) is 21.1 Å². The maximum absolute atomic E-state index is 12.7. The normalized spacial score (nSPS) is 14.0. The summed E-state index contributed by atoms with van der Waals surface area (Å²) < 4.78 is 34.3. The molecule has 0 amide bonds. The fourth-order valence-corrected chi connectivity index (χ4v) is 6.94. The van der Waals surface area contributed by atoms with E-state index in [9.17, 15) is 19.0 Å². The number of ether oxygens (including phenoxy) is 2. The van der Waals surface area contributed by atoms with E-state index in [0.29, 0.717) is 17.4 Å². The summed E-state index contributed by atoms with van der Waals surface area (Å²) in [5.41, 5.74) is 0. The van der Waals surface area contributed by atoms with Gasteiger partial charge in [-0.2, -0.15) is 0 Å². The lowest BCUT2D eigenvalue weighted by atomic mass is 10.1. The Morgan fingerprint density at radius 1 is 0.552 bits per heavy atom. The summed E-state index contributed by atoms with van der Waals surface area (Å²) in [5, 5.41) is 0.